The van der Waals surface area contributed by atoms with Crippen LogP contribution in [0, 0.1) is 6.92 Å². The van der Waals surface area contributed by atoms with Crippen molar-refractivity contribution in [2.45, 2.75) is 19.4 Å². The maximum Gasteiger partial charge on any atom is 0.246 e. The van der Waals surface area contributed by atoms with Crippen LogP contribution in [0.2, 0.25) is 0 Å². The molecule has 1 aliphatic heterocycles. The maximum atomic E-state index is 12.2. The van der Waals surface area contributed by atoms with Crippen LogP contribution >= 0.6 is 0 Å². The second kappa shape index (κ2) is 11.0. The van der Waals surface area contributed by atoms with E-state index in [1.807, 2.05) is 18.2 Å². The molecule has 1 aliphatic rings. The summed E-state index contributed by atoms with van der Waals surface area (Å²) in [4.78, 5) is 14.6. The van der Waals surface area contributed by atoms with E-state index in [1.165, 1.54) is 16.7 Å². The molecule has 2 aromatic rings. The van der Waals surface area contributed by atoms with E-state index in [-0.39, 0.29) is 18.6 Å². The Kier molecular flexibility index (Phi) is 8.03. The molecule has 0 bridgehead atoms. The fourth-order valence-electron chi connectivity index (χ4n) is 3.40. The Morgan fingerprint density at radius 1 is 1.11 bits per heavy atom. The van der Waals surface area contributed by atoms with Crippen LogP contribution in [-0.4, -0.2) is 56.9 Å². The van der Waals surface area contributed by atoms with Crippen LogP contribution < -0.4 is 5.32 Å². The summed E-state index contributed by atoms with van der Waals surface area (Å²) in [6, 6.07) is 18.9. The highest BCUT2D eigenvalue weighted by atomic mass is 16.5. The first-order valence-electron chi connectivity index (χ1n) is 9.99. The van der Waals surface area contributed by atoms with E-state index in [4.69, 9.17) is 9.47 Å². The fourth-order valence-corrected chi connectivity index (χ4v) is 3.40. The third kappa shape index (κ3) is 6.44. The van der Waals surface area contributed by atoms with Crippen LogP contribution in [-0.2, 0) is 20.7 Å². The lowest BCUT2D eigenvalue weighted by molar-refractivity contribution is -0.126. The van der Waals surface area contributed by atoms with Crippen molar-refractivity contribution in [3.8, 4) is 0 Å². The van der Waals surface area contributed by atoms with Gasteiger partial charge in [0.2, 0.25) is 5.91 Å². The number of nitrogens with one attached hydrogen (secondary N) is 1. The molecule has 0 aromatic heterocycles. The van der Waals surface area contributed by atoms with E-state index >= 15 is 0 Å². The van der Waals surface area contributed by atoms with Crippen molar-refractivity contribution in [1.29, 1.82) is 0 Å². The third-order valence-electron chi connectivity index (χ3n) is 5.05. The summed E-state index contributed by atoms with van der Waals surface area (Å²) in [5, 5.41) is 3.05. The molecule has 5 nitrogen and oxygen atoms in total. The number of nitrogens with zero attached hydrogens (tertiary/aromatic N) is 1. The summed E-state index contributed by atoms with van der Waals surface area (Å²) in [6.07, 6.45) is 0.813. The first kappa shape index (κ1) is 20.5. The Hall–Kier alpha value is -2.21. The van der Waals surface area contributed by atoms with Crippen LogP contribution in [0.15, 0.2) is 54.6 Å². The number of rotatable bonds is 9. The second-order valence-electron chi connectivity index (χ2n) is 7.17. The smallest absolute Gasteiger partial charge is 0.246 e. The zero-order valence-corrected chi connectivity index (χ0v) is 16.6. The van der Waals surface area contributed by atoms with E-state index < -0.39 is 0 Å². The summed E-state index contributed by atoms with van der Waals surface area (Å²) in [6.45, 7) is 6.52. The highest BCUT2D eigenvalue weighted by molar-refractivity contribution is 5.77. The molecular weight excluding hydrogens is 352 g/mol. The van der Waals surface area contributed by atoms with E-state index in [1.54, 1.807) is 0 Å². The standard InChI is InChI=1S/C23H30N2O3/c1-19-7-9-21(10-8-19)22(25-12-15-27-16-13-25)17-24-23(26)18-28-14-11-20-5-3-2-4-6-20/h2-10,22H,11-18H2,1H3,(H,24,26). The van der Waals surface area contributed by atoms with Gasteiger partial charge >= 0.3 is 0 Å². The molecule has 2 aromatic carbocycles. The van der Waals surface area contributed by atoms with Crippen LogP contribution in [0.5, 0.6) is 0 Å². The van der Waals surface area contributed by atoms with Crippen molar-refractivity contribution in [1.82, 2.24) is 10.2 Å². The topological polar surface area (TPSA) is 50.8 Å². The summed E-state index contributed by atoms with van der Waals surface area (Å²) in [5.41, 5.74) is 3.67. The van der Waals surface area contributed by atoms with Gasteiger partial charge in [-0.2, -0.15) is 0 Å². The first-order chi connectivity index (χ1) is 13.7. The van der Waals surface area contributed by atoms with Crippen molar-refractivity contribution in [2.75, 3.05) is 46.1 Å². The molecule has 1 saturated heterocycles. The van der Waals surface area contributed by atoms with Gasteiger partial charge in [0.05, 0.1) is 25.9 Å². The average Bonchev–Trinajstić information content (AvgIpc) is 2.74. The second-order valence-corrected chi connectivity index (χ2v) is 7.17. The molecule has 1 fully saturated rings. The molecule has 28 heavy (non-hydrogen) atoms. The van der Waals surface area contributed by atoms with Crippen LogP contribution in [0.3, 0.4) is 0 Å². The average molecular weight is 383 g/mol. The normalized spacial score (nSPS) is 15.9. The summed E-state index contributed by atoms with van der Waals surface area (Å²) < 4.78 is 11.0. The Morgan fingerprint density at radius 2 is 1.82 bits per heavy atom. The zero-order valence-electron chi connectivity index (χ0n) is 16.6. The SMILES string of the molecule is Cc1ccc(C(CNC(=O)COCCc2ccccc2)N2CCOCC2)cc1. The number of ether oxygens (including phenoxy) is 2. The van der Waals surface area contributed by atoms with Gasteiger partial charge in [0, 0.05) is 19.6 Å². The van der Waals surface area contributed by atoms with E-state index in [0.29, 0.717) is 13.2 Å². The van der Waals surface area contributed by atoms with Gasteiger partial charge in [-0.1, -0.05) is 60.2 Å². The molecule has 5 heteroatoms. The maximum absolute atomic E-state index is 12.2. The minimum Gasteiger partial charge on any atom is -0.379 e. The minimum absolute atomic E-state index is 0.0709. The largest absolute Gasteiger partial charge is 0.379 e. The highest BCUT2D eigenvalue weighted by Gasteiger charge is 2.23. The molecule has 3 rings (SSSR count). The molecule has 1 amide bonds. The zero-order chi connectivity index (χ0) is 19.6. The van der Waals surface area contributed by atoms with Crippen LogP contribution in [0.25, 0.3) is 0 Å². The molecule has 0 spiro atoms. The Bertz CT molecular complexity index is 712. The molecule has 1 unspecified atom stereocenters. The molecule has 1 heterocycles. The third-order valence-corrected chi connectivity index (χ3v) is 5.05. The van der Waals surface area contributed by atoms with Gasteiger partial charge in [0.15, 0.2) is 0 Å². The van der Waals surface area contributed by atoms with Crippen molar-refractivity contribution in [3.63, 3.8) is 0 Å². The number of hydrogen-bond acceptors (Lipinski definition) is 4. The van der Waals surface area contributed by atoms with E-state index in [0.717, 1.165) is 32.7 Å². The molecule has 1 N–H and O–H groups in total. The predicted octanol–water partition coefficient (Wildman–Crippen LogP) is 2.74. The van der Waals surface area contributed by atoms with Gasteiger partial charge in [-0.25, -0.2) is 0 Å². The van der Waals surface area contributed by atoms with Gasteiger partial charge < -0.3 is 14.8 Å². The summed E-state index contributed by atoms with van der Waals surface area (Å²) in [7, 11) is 0. The van der Waals surface area contributed by atoms with Gasteiger partial charge in [0.25, 0.3) is 0 Å². The quantitative estimate of drug-likeness (QED) is 0.678. The summed E-state index contributed by atoms with van der Waals surface area (Å²) >= 11 is 0. The Balaban J connectivity index is 1.46. The number of aryl methyl sites for hydroxylation is 1. The molecule has 0 aliphatic carbocycles. The van der Waals surface area contributed by atoms with Gasteiger partial charge in [-0.05, 0) is 24.5 Å². The first-order valence-corrected chi connectivity index (χ1v) is 9.99. The minimum atomic E-state index is -0.0709. The van der Waals surface area contributed by atoms with Crippen molar-refractivity contribution in [2.24, 2.45) is 0 Å². The van der Waals surface area contributed by atoms with Gasteiger partial charge in [0.1, 0.15) is 6.61 Å². The number of benzene rings is 2. The number of carbonyl (C=O) groups excluding carboxylic acids is 1. The number of amides is 1. The van der Waals surface area contributed by atoms with E-state index in [9.17, 15) is 4.79 Å². The molecule has 0 radical (unpaired) electrons. The van der Waals surface area contributed by atoms with Crippen molar-refractivity contribution in [3.05, 3.63) is 71.3 Å². The van der Waals surface area contributed by atoms with Crippen LogP contribution in [0.4, 0.5) is 0 Å². The monoisotopic (exact) mass is 382 g/mol. The fraction of sp³-hybridized carbons (Fsp3) is 0.435. The van der Waals surface area contributed by atoms with Crippen molar-refractivity contribution < 1.29 is 14.3 Å². The number of morpholine rings is 1. The lowest BCUT2D eigenvalue weighted by atomic mass is 10.0. The molecule has 0 saturated carbocycles. The van der Waals surface area contributed by atoms with E-state index in [2.05, 4.69) is 53.5 Å². The molecular formula is C23H30N2O3. The lowest BCUT2D eigenvalue weighted by Crippen LogP contribution is -2.44. The summed E-state index contributed by atoms with van der Waals surface area (Å²) in [5.74, 6) is -0.0709. The highest BCUT2D eigenvalue weighted by Crippen LogP contribution is 2.21. The van der Waals surface area contributed by atoms with Crippen molar-refractivity contribution >= 4 is 5.91 Å². The predicted molar refractivity (Wildman–Crippen MR) is 110 cm³/mol. The van der Waals surface area contributed by atoms with Crippen LogP contribution in [0.1, 0.15) is 22.7 Å². The molecule has 150 valence electrons. The number of hydrogen-bond donors (Lipinski definition) is 1. The Morgan fingerprint density at radius 3 is 2.54 bits per heavy atom. The molecule has 1 atom stereocenters. The lowest BCUT2D eigenvalue weighted by Gasteiger charge is -2.35. The van der Waals surface area contributed by atoms with Gasteiger partial charge in [-0.3, -0.25) is 9.69 Å². The van der Waals surface area contributed by atoms with Gasteiger partial charge in [-0.15, -0.1) is 0 Å². The number of carbonyl (C=O) groups is 1. The Labute approximate surface area is 167 Å².